The summed E-state index contributed by atoms with van der Waals surface area (Å²) in [5.74, 6) is 1.41. The van der Waals surface area contributed by atoms with Crippen LogP contribution in [0.4, 0.5) is 0 Å². The van der Waals surface area contributed by atoms with Gasteiger partial charge in [-0.2, -0.15) is 0 Å². The molecule has 2 aromatic rings. The van der Waals surface area contributed by atoms with Crippen LogP contribution < -0.4 is 0 Å². The van der Waals surface area contributed by atoms with E-state index in [4.69, 9.17) is 4.74 Å². The monoisotopic (exact) mass is 245 g/mol. The first-order valence-electron chi connectivity index (χ1n) is 6.24. The first kappa shape index (κ1) is 11.3. The number of carbonyl (C=O) groups is 1. The molecule has 0 amide bonds. The predicted molar refractivity (Wildman–Crippen MR) is 65.6 cm³/mol. The maximum absolute atomic E-state index is 10.9. The zero-order chi connectivity index (χ0) is 12.4. The van der Waals surface area contributed by atoms with Gasteiger partial charge in [-0.3, -0.25) is 9.20 Å². The van der Waals surface area contributed by atoms with E-state index in [1.165, 1.54) is 6.42 Å². The number of carbonyl (C=O) groups excluding carboxylic acids is 1. The number of hydrogen-bond acceptors (Lipinski definition) is 4. The van der Waals surface area contributed by atoms with Crippen molar-refractivity contribution in [2.45, 2.75) is 19.3 Å². The van der Waals surface area contributed by atoms with Gasteiger partial charge >= 0.3 is 0 Å². The van der Waals surface area contributed by atoms with Crippen molar-refractivity contribution in [3.05, 3.63) is 29.7 Å². The Balaban J connectivity index is 1.90. The molecule has 5 nitrogen and oxygen atoms in total. The van der Waals surface area contributed by atoms with Crippen LogP contribution in [0.5, 0.6) is 0 Å². The molecular formula is C13H15N3O2. The van der Waals surface area contributed by atoms with Crippen molar-refractivity contribution < 1.29 is 9.53 Å². The van der Waals surface area contributed by atoms with Gasteiger partial charge in [0.05, 0.1) is 5.56 Å². The number of rotatable bonds is 3. The van der Waals surface area contributed by atoms with Crippen molar-refractivity contribution in [2.24, 2.45) is 5.92 Å². The van der Waals surface area contributed by atoms with Gasteiger partial charge in [-0.25, -0.2) is 0 Å². The van der Waals surface area contributed by atoms with Crippen LogP contribution in [-0.2, 0) is 11.2 Å². The molecule has 0 aromatic carbocycles. The zero-order valence-corrected chi connectivity index (χ0v) is 10.1. The molecule has 0 radical (unpaired) electrons. The van der Waals surface area contributed by atoms with Crippen LogP contribution in [-0.4, -0.2) is 34.1 Å². The van der Waals surface area contributed by atoms with Gasteiger partial charge in [0.15, 0.2) is 11.9 Å². The highest BCUT2D eigenvalue weighted by molar-refractivity contribution is 5.83. The summed E-state index contributed by atoms with van der Waals surface area (Å²) in [7, 11) is 0. The summed E-state index contributed by atoms with van der Waals surface area (Å²) >= 11 is 0. The van der Waals surface area contributed by atoms with Crippen LogP contribution in [0, 0.1) is 5.92 Å². The van der Waals surface area contributed by atoms with E-state index in [2.05, 4.69) is 10.2 Å². The van der Waals surface area contributed by atoms with Crippen LogP contribution in [0.15, 0.2) is 18.3 Å². The topological polar surface area (TPSA) is 56.5 Å². The van der Waals surface area contributed by atoms with Gasteiger partial charge in [0, 0.05) is 25.8 Å². The van der Waals surface area contributed by atoms with Gasteiger partial charge in [-0.05, 0) is 30.9 Å². The van der Waals surface area contributed by atoms with E-state index in [0.717, 1.165) is 38.2 Å². The quantitative estimate of drug-likeness (QED) is 0.769. The summed E-state index contributed by atoms with van der Waals surface area (Å²) in [5, 5.41) is 8.29. The lowest BCUT2D eigenvalue weighted by atomic mass is 9.98. The minimum absolute atomic E-state index is 0.506. The molecule has 3 heterocycles. The molecule has 3 rings (SSSR count). The van der Waals surface area contributed by atoms with Crippen molar-refractivity contribution in [3.8, 4) is 0 Å². The van der Waals surface area contributed by atoms with E-state index in [1.807, 2.05) is 16.7 Å². The van der Waals surface area contributed by atoms with Gasteiger partial charge in [-0.15, -0.1) is 10.2 Å². The smallest absolute Gasteiger partial charge is 0.171 e. The molecule has 1 aliphatic rings. The molecule has 1 unspecified atom stereocenters. The first-order chi connectivity index (χ1) is 8.88. The number of aldehydes is 1. The Morgan fingerprint density at radius 1 is 1.50 bits per heavy atom. The maximum atomic E-state index is 10.9. The Morgan fingerprint density at radius 3 is 3.22 bits per heavy atom. The Morgan fingerprint density at radius 2 is 2.44 bits per heavy atom. The molecule has 1 saturated heterocycles. The average molecular weight is 245 g/mol. The van der Waals surface area contributed by atoms with Gasteiger partial charge in [0.25, 0.3) is 0 Å². The minimum Gasteiger partial charge on any atom is -0.381 e. The fraction of sp³-hybridized carbons (Fsp3) is 0.462. The predicted octanol–water partition coefficient (Wildman–Crippen LogP) is 1.51. The minimum atomic E-state index is 0.506. The third-order valence-corrected chi connectivity index (χ3v) is 3.39. The molecule has 5 heteroatoms. The molecule has 0 bridgehead atoms. The average Bonchev–Trinajstić information content (AvgIpc) is 2.83. The lowest BCUT2D eigenvalue weighted by Crippen LogP contribution is -2.20. The second kappa shape index (κ2) is 4.86. The summed E-state index contributed by atoms with van der Waals surface area (Å²) in [6, 6.07) is 3.60. The summed E-state index contributed by atoms with van der Waals surface area (Å²) in [6.07, 6.45) is 5.85. The van der Waals surface area contributed by atoms with Crippen molar-refractivity contribution in [3.63, 3.8) is 0 Å². The number of hydrogen-bond donors (Lipinski definition) is 0. The summed E-state index contributed by atoms with van der Waals surface area (Å²) in [6.45, 7) is 1.66. The van der Waals surface area contributed by atoms with E-state index in [9.17, 15) is 4.79 Å². The van der Waals surface area contributed by atoms with Gasteiger partial charge in [0.2, 0.25) is 0 Å². The SMILES string of the molecule is O=Cc1cccn2c(CC3CCCOC3)nnc12. The van der Waals surface area contributed by atoms with E-state index in [1.54, 1.807) is 6.07 Å². The fourth-order valence-corrected chi connectivity index (χ4v) is 2.44. The molecule has 94 valence electrons. The van der Waals surface area contributed by atoms with E-state index >= 15 is 0 Å². The number of ether oxygens (including phenoxy) is 1. The van der Waals surface area contributed by atoms with Gasteiger partial charge < -0.3 is 4.74 Å². The highest BCUT2D eigenvalue weighted by Gasteiger charge is 2.18. The number of pyridine rings is 1. The molecule has 2 aromatic heterocycles. The van der Waals surface area contributed by atoms with Crippen molar-refractivity contribution >= 4 is 11.9 Å². The molecule has 0 spiro atoms. The molecular weight excluding hydrogens is 230 g/mol. The summed E-state index contributed by atoms with van der Waals surface area (Å²) in [4.78, 5) is 10.9. The van der Waals surface area contributed by atoms with Crippen molar-refractivity contribution in [1.82, 2.24) is 14.6 Å². The molecule has 0 aliphatic carbocycles. The number of fused-ring (bicyclic) bond motifs is 1. The Hall–Kier alpha value is -1.75. The number of nitrogens with zero attached hydrogens (tertiary/aromatic N) is 3. The third-order valence-electron chi connectivity index (χ3n) is 3.39. The Labute approximate surface area is 105 Å². The molecule has 18 heavy (non-hydrogen) atoms. The zero-order valence-electron chi connectivity index (χ0n) is 10.1. The van der Waals surface area contributed by atoms with Crippen LogP contribution in [0.2, 0.25) is 0 Å². The molecule has 1 atom stereocenters. The largest absolute Gasteiger partial charge is 0.381 e. The van der Waals surface area contributed by atoms with Crippen LogP contribution >= 0.6 is 0 Å². The van der Waals surface area contributed by atoms with Gasteiger partial charge in [0.1, 0.15) is 5.82 Å². The molecule has 0 saturated carbocycles. The fourth-order valence-electron chi connectivity index (χ4n) is 2.44. The van der Waals surface area contributed by atoms with E-state index in [0.29, 0.717) is 17.1 Å². The lowest BCUT2D eigenvalue weighted by molar-refractivity contribution is 0.0542. The molecule has 1 aliphatic heterocycles. The summed E-state index contributed by atoms with van der Waals surface area (Å²) < 4.78 is 7.38. The van der Waals surface area contributed by atoms with Crippen molar-refractivity contribution in [1.29, 1.82) is 0 Å². The van der Waals surface area contributed by atoms with E-state index in [-0.39, 0.29) is 0 Å². The van der Waals surface area contributed by atoms with Crippen LogP contribution in [0.3, 0.4) is 0 Å². The summed E-state index contributed by atoms with van der Waals surface area (Å²) in [5.41, 5.74) is 1.22. The lowest BCUT2D eigenvalue weighted by Gasteiger charge is -2.21. The maximum Gasteiger partial charge on any atom is 0.171 e. The number of aromatic nitrogens is 3. The third kappa shape index (κ3) is 2.01. The second-order valence-corrected chi connectivity index (χ2v) is 4.68. The Kier molecular flexibility index (Phi) is 3.06. The van der Waals surface area contributed by atoms with Crippen LogP contribution in [0.25, 0.3) is 5.65 Å². The normalized spacial score (nSPS) is 20.1. The first-order valence-corrected chi connectivity index (χ1v) is 6.24. The highest BCUT2D eigenvalue weighted by Crippen LogP contribution is 2.19. The standard InChI is InChI=1S/C13H15N3O2/c17-8-11-4-1-5-16-12(14-15-13(11)16)7-10-3-2-6-18-9-10/h1,4-5,8,10H,2-3,6-7,9H2. The van der Waals surface area contributed by atoms with Gasteiger partial charge in [-0.1, -0.05) is 0 Å². The molecule has 0 N–H and O–H groups in total. The Bertz CT molecular complexity index is 558. The molecule has 1 fully saturated rings. The van der Waals surface area contributed by atoms with Crippen LogP contribution in [0.1, 0.15) is 29.0 Å². The van der Waals surface area contributed by atoms with Crippen molar-refractivity contribution in [2.75, 3.05) is 13.2 Å². The highest BCUT2D eigenvalue weighted by atomic mass is 16.5. The second-order valence-electron chi connectivity index (χ2n) is 4.68. The van der Waals surface area contributed by atoms with E-state index < -0.39 is 0 Å².